The van der Waals surface area contributed by atoms with Gasteiger partial charge in [0.2, 0.25) is 0 Å². The van der Waals surface area contributed by atoms with Gasteiger partial charge in [0.1, 0.15) is 0 Å². The Morgan fingerprint density at radius 3 is 1.43 bits per heavy atom. The molecule has 3 nitrogen and oxygen atoms in total. The summed E-state index contributed by atoms with van der Waals surface area (Å²) in [5.41, 5.74) is 2.76. The smallest absolute Gasteiger partial charge is 0.186 e. The lowest BCUT2D eigenvalue weighted by atomic mass is 9.98. The van der Waals surface area contributed by atoms with Crippen molar-refractivity contribution in [1.82, 2.24) is 0 Å². The van der Waals surface area contributed by atoms with Gasteiger partial charge in [-0.05, 0) is 25.0 Å². The van der Waals surface area contributed by atoms with Crippen molar-refractivity contribution in [2.24, 2.45) is 0 Å². The van der Waals surface area contributed by atoms with Crippen LogP contribution in [0.25, 0.3) is 0 Å². The van der Waals surface area contributed by atoms with E-state index < -0.39 is 18.8 Å². The van der Waals surface area contributed by atoms with E-state index in [-0.39, 0.29) is 10.7 Å². The minimum atomic E-state index is -1.79. The molecule has 0 amide bonds. The van der Waals surface area contributed by atoms with Crippen LogP contribution in [0.15, 0.2) is 60.7 Å². The molecule has 4 saturated heterocycles. The van der Waals surface area contributed by atoms with E-state index in [1.165, 1.54) is 11.1 Å². The van der Waals surface area contributed by atoms with E-state index in [9.17, 15) is 0 Å². The first-order valence-corrected chi connectivity index (χ1v) is 12.4. The maximum Gasteiger partial charge on any atom is 0.186 e. The number of hydrogen-bond donors (Lipinski definition) is 0. The lowest BCUT2D eigenvalue weighted by Crippen LogP contribution is -2.74. The number of ether oxygens (including phenoxy) is 3. The Bertz CT molecular complexity index is 794. The van der Waals surface area contributed by atoms with E-state index in [0.29, 0.717) is 0 Å². The van der Waals surface area contributed by atoms with Crippen LogP contribution in [0.2, 0.25) is 0 Å². The summed E-state index contributed by atoms with van der Waals surface area (Å²) in [5, 5.41) is -0.461. The Kier molecular flexibility index (Phi) is 3.95. The predicted molar refractivity (Wildman–Crippen MR) is 113 cm³/mol. The summed E-state index contributed by atoms with van der Waals surface area (Å²) in [6.45, 7) is 8.88. The zero-order valence-corrected chi connectivity index (χ0v) is 18.2. The first-order chi connectivity index (χ1) is 13.2. The fraction of sp³-hybridized carbons (Fsp3) is 0.500. The molecule has 0 aliphatic carbocycles. The van der Waals surface area contributed by atoms with Crippen LogP contribution < -0.4 is 0 Å². The van der Waals surface area contributed by atoms with E-state index in [0.717, 1.165) is 25.2 Å². The third kappa shape index (κ3) is 2.64. The molecule has 4 heterocycles. The molecule has 4 fully saturated rings. The van der Waals surface area contributed by atoms with E-state index in [1.54, 1.807) is 0 Å². The number of benzene rings is 2. The summed E-state index contributed by atoms with van der Waals surface area (Å²) in [6.07, 6.45) is 3.64. The molecule has 4 aliphatic rings. The minimum absolute atomic E-state index is 0.230. The van der Waals surface area contributed by atoms with Gasteiger partial charge < -0.3 is 14.2 Å². The van der Waals surface area contributed by atoms with Crippen LogP contribution in [0.3, 0.4) is 0 Å². The second kappa shape index (κ2) is 5.89. The maximum absolute atomic E-state index is 6.84. The molecule has 4 bridgehead atoms. The van der Waals surface area contributed by atoms with Crippen LogP contribution in [0.1, 0.15) is 51.7 Å². The molecule has 0 spiro atoms. The molecule has 4 aliphatic heterocycles. The summed E-state index contributed by atoms with van der Waals surface area (Å²) in [5.74, 6) is -1.13. The zero-order valence-electron chi connectivity index (χ0n) is 17.3. The van der Waals surface area contributed by atoms with Crippen molar-refractivity contribution < 1.29 is 14.2 Å². The fourth-order valence-corrected chi connectivity index (χ4v) is 12.4. The van der Waals surface area contributed by atoms with Gasteiger partial charge in [0.05, 0.1) is 32.4 Å². The quantitative estimate of drug-likeness (QED) is 0.580. The second-order valence-corrected chi connectivity index (χ2v) is 14.0. The highest BCUT2D eigenvalue weighted by molar-refractivity contribution is 7.77. The van der Waals surface area contributed by atoms with Gasteiger partial charge in [-0.2, -0.15) is 0 Å². The van der Waals surface area contributed by atoms with E-state index in [1.807, 2.05) is 0 Å². The molecule has 4 atom stereocenters. The first-order valence-electron chi connectivity index (χ1n) is 10.2. The first kappa shape index (κ1) is 18.8. The topological polar surface area (TPSA) is 27.7 Å². The average molecular weight is 397 g/mol. The molecule has 2 aromatic carbocycles. The molecule has 4 heteroatoms. The fourth-order valence-electron chi connectivity index (χ4n) is 6.33. The molecule has 6 rings (SSSR count). The molecule has 148 valence electrons. The van der Waals surface area contributed by atoms with Gasteiger partial charge >= 0.3 is 0 Å². The number of rotatable bonds is 4. The lowest BCUT2D eigenvalue weighted by Gasteiger charge is -2.69. The minimum Gasteiger partial charge on any atom is -0.318 e. The summed E-state index contributed by atoms with van der Waals surface area (Å²) >= 11 is 0. The van der Waals surface area contributed by atoms with Gasteiger partial charge in [0.25, 0.3) is 0 Å². The summed E-state index contributed by atoms with van der Waals surface area (Å²) < 4.78 is 20.0. The third-order valence-electron chi connectivity index (χ3n) is 7.00. The van der Waals surface area contributed by atoms with Crippen LogP contribution in [-0.2, 0) is 26.5 Å². The van der Waals surface area contributed by atoms with Gasteiger partial charge in [-0.25, -0.2) is 0 Å². The van der Waals surface area contributed by atoms with Crippen LogP contribution in [0.5, 0.6) is 0 Å². The van der Waals surface area contributed by atoms with Crippen LogP contribution in [-0.4, -0.2) is 22.3 Å². The van der Waals surface area contributed by atoms with Gasteiger partial charge in [-0.15, -0.1) is 0 Å². The Labute approximate surface area is 168 Å². The Balaban J connectivity index is 1.67. The average Bonchev–Trinajstić information content (AvgIpc) is 2.58. The lowest BCUT2D eigenvalue weighted by molar-refractivity contribution is -0.470. The molecule has 28 heavy (non-hydrogen) atoms. The maximum atomic E-state index is 6.84. The highest BCUT2D eigenvalue weighted by atomic mass is 31.2. The molecular formula is C24H30O3P+. The third-order valence-corrected chi connectivity index (χ3v) is 12.9. The zero-order chi connectivity index (χ0) is 19.7. The van der Waals surface area contributed by atoms with Crippen molar-refractivity contribution in [1.29, 1.82) is 0 Å². The van der Waals surface area contributed by atoms with Gasteiger partial charge in [-0.3, -0.25) is 0 Å². The van der Waals surface area contributed by atoms with Crippen molar-refractivity contribution in [2.45, 2.75) is 75.1 Å². The van der Waals surface area contributed by atoms with E-state index in [4.69, 9.17) is 14.2 Å². The molecule has 0 N–H and O–H groups in total. The molecule has 2 aromatic rings. The second-order valence-electron chi connectivity index (χ2n) is 9.53. The molecule has 0 saturated carbocycles. The van der Waals surface area contributed by atoms with Gasteiger partial charge in [0.15, 0.2) is 22.3 Å². The molecular weight excluding hydrogens is 367 g/mol. The molecule has 0 radical (unpaired) electrons. The van der Waals surface area contributed by atoms with Crippen LogP contribution in [0.4, 0.5) is 0 Å². The van der Waals surface area contributed by atoms with Crippen molar-refractivity contribution in [3.8, 4) is 0 Å². The van der Waals surface area contributed by atoms with Crippen LogP contribution >= 0.6 is 7.26 Å². The van der Waals surface area contributed by atoms with Crippen molar-refractivity contribution >= 4 is 7.26 Å². The summed E-state index contributed by atoms with van der Waals surface area (Å²) in [4.78, 5) is 0. The van der Waals surface area contributed by atoms with Gasteiger partial charge in [0, 0.05) is 13.8 Å². The van der Waals surface area contributed by atoms with Crippen LogP contribution in [0, 0.1) is 0 Å². The molecule has 0 unspecified atom stereocenters. The largest absolute Gasteiger partial charge is 0.318 e. The Hall–Kier alpha value is -1.25. The van der Waals surface area contributed by atoms with E-state index >= 15 is 0 Å². The highest BCUT2D eigenvalue weighted by Gasteiger charge is 2.82. The normalized spacial score (nSPS) is 40.6. The predicted octanol–water partition coefficient (Wildman–Crippen LogP) is 6.14. The van der Waals surface area contributed by atoms with Gasteiger partial charge in [-0.1, -0.05) is 60.7 Å². The standard InChI is InChI=1S/C24H30O3P/c1-21-17-23(3)27-22(2,25-21)18-24(4,26-21)28(23,15-19-11-7-5-8-12-19)16-20-13-9-6-10-14-20/h5-14H,15-18H2,1-4H3/q+1/t21-,22-,23+,24+/m0/s1. The monoisotopic (exact) mass is 397 g/mol. The summed E-state index contributed by atoms with van der Waals surface area (Å²) in [7, 11) is -1.79. The number of hydrogen-bond acceptors (Lipinski definition) is 3. The Morgan fingerprint density at radius 1 is 0.643 bits per heavy atom. The SMILES string of the molecule is C[C@@]12C[C@]3(C)O[C@@](C)(C[C@](C)(O1)[P+]3(Cc1ccccc1)Cc1ccccc1)O2. The molecule has 0 aromatic heterocycles. The highest BCUT2D eigenvalue weighted by Crippen LogP contribution is 2.89. The van der Waals surface area contributed by atoms with Crippen molar-refractivity contribution in [3.63, 3.8) is 0 Å². The van der Waals surface area contributed by atoms with Crippen molar-refractivity contribution in [2.75, 3.05) is 0 Å². The summed E-state index contributed by atoms with van der Waals surface area (Å²) in [6, 6.07) is 21.8. The Morgan fingerprint density at radius 2 is 1.04 bits per heavy atom. The van der Waals surface area contributed by atoms with E-state index in [2.05, 4.69) is 88.4 Å². The van der Waals surface area contributed by atoms with Crippen molar-refractivity contribution in [3.05, 3.63) is 71.8 Å².